The Labute approximate surface area is 110 Å². The highest BCUT2D eigenvalue weighted by molar-refractivity contribution is 5.56. The van der Waals surface area contributed by atoms with E-state index in [2.05, 4.69) is 5.10 Å². The van der Waals surface area contributed by atoms with Crippen LogP contribution in [0.25, 0.3) is 0 Å². The van der Waals surface area contributed by atoms with Gasteiger partial charge in [-0.1, -0.05) is 0 Å². The fourth-order valence-corrected chi connectivity index (χ4v) is 2.06. The Bertz CT molecular complexity index is 609. The van der Waals surface area contributed by atoms with Crippen molar-refractivity contribution < 1.29 is 19.3 Å². The first kappa shape index (κ1) is 11.9. The number of aliphatic hydroxyl groups is 1. The molecule has 0 bridgehead atoms. The van der Waals surface area contributed by atoms with Crippen molar-refractivity contribution in [2.45, 2.75) is 6.10 Å². The van der Waals surface area contributed by atoms with Crippen LogP contribution in [0, 0.1) is 0 Å². The molecule has 1 unspecified atom stereocenters. The summed E-state index contributed by atoms with van der Waals surface area (Å²) in [7, 11) is 3.35. The summed E-state index contributed by atoms with van der Waals surface area (Å²) in [5, 5.41) is 14.5. The van der Waals surface area contributed by atoms with Crippen LogP contribution in [0.5, 0.6) is 17.2 Å². The third kappa shape index (κ3) is 2.00. The number of aromatic nitrogens is 2. The van der Waals surface area contributed by atoms with Crippen molar-refractivity contribution >= 4 is 0 Å². The van der Waals surface area contributed by atoms with Gasteiger partial charge in [-0.3, -0.25) is 4.68 Å². The van der Waals surface area contributed by atoms with E-state index >= 15 is 0 Å². The van der Waals surface area contributed by atoms with E-state index in [4.69, 9.17) is 14.2 Å². The third-order valence-electron chi connectivity index (χ3n) is 3.01. The van der Waals surface area contributed by atoms with Crippen molar-refractivity contribution in [2.24, 2.45) is 7.05 Å². The van der Waals surface area contributed by atoms with Gasteiger partial charge in [-0.15, -0.1) is 0 Å². The maximum Gasteiger partial charge on any atom is 0.231 e. The number of aryl methyl sites for hydroxylation is 1. The third-order valence-corrected chi connectivity index (χ3v) is 3.01. The van der Waals surface area contributed by atoms with Crippen LogP contribution in [0.15, 0.2) is 24.4 Å². The lowest BCUT2D eigenvalue weighted by Gasteiger charge is -2.12. The van der Waals surface area contributed by atoms with Gasteiger partial charge >= 0.3 is 0 Å². The molecule has 1 N–H and O–H groups in total. The smallest absolute Gasteiger partial charge is 0.231 e. The van der Waals surface area contributed by atoms with Crippen molar-refractivity contribution in [1.82, 2.24) is 9.78 Å². The molecule has 2 aromatic rings. The average molecular weight is 262 g/mol. The number of fused-ring (bicyclic) bond motifs is 1. The van der Waals surface area contributed by atoms with E-state index in [0.717, 1.165) is 0 Å². The molecule has 1 aliphatic heterocycles. The van der Waals surface area contributed by atoms with Gasteiger partial charge in [0.25, 0.3) is 0 Å². The van der Waals surface area contributed by atoms with E-state index in [-0.39, 0.29) is 6.79 Å². The number of nitrogens with zero attached hydrogens (tertiary/aromatic N) is 2. The molecule has 0 saturated heterocycles. The molecule has 100 valence electrons. The number of benzene rings is 1. The van der Waals surface area contributed by atoms with Crippen molar-refractivity contribution in [3.05, 3.63) is 35.7 Å². The van der Waals surface area contributed by atoms with Gasteiger partial charge in [0.1, 0.15) is 6.10 Å². The first-order chi connectivity index (χ1) is 9.19. The zero-order chi connectivity index (χ0) is 13.4. The molecular formula is C13H14N2O4. The molecule has 0 fully saturated rings. The Morgan fingerprint density at radius 3 is 2.95 bits per heavy atom. The van der Waals surface area contributed by atoms with Crippen LogP contribution in [-0.4, -0.2) is 28.8 Å². The van der Waals surface area contributed by atoms with Crippen molar-refractivity contribution in [1.29, 1.82) is 0 Å². The highest BCUT2D eigenvalue weighted by Crippen LogP contribution is 2.43. The van der Waals surface area contributed by atoms with Crippen molar-refractivity contribution in [2.75, 3.05) is 13.9 Å². The summed E-state index contributed by atoms with van der Waals surface area (Å²) in [6, 6.07) is 5.23. The highest BCUT2D eigenvalue weighted by atomic mass is 16.7. The maximum absolute atomic E-state index is 10.3. The van der Waals surface area contributed by atoms with Crippen LogP contribution in [-0.2, 0) is 7.05 Å². The molecule has 0 radical (unpaired) electrons. The van der Waals surface area contributed by atoms with Crippen LogP contribution < -0.4 is 14.2 Å². The van der Waals surface area contributed by atoms with Crippen LogP contribution in [0.1, 0.15) is 17.4 Å². The molecule has 19 heavy (non-hydrogen) atoms. The van der Waals surface area contributed by atoms with Gasteiger partial charge in [0, 0.05) is 13.2 Å². The Kier molecular flexibility index (Phi) is 2.79. The molecule has 0 saturated carbocycles. The predicted octanol–water partition coefficient (Wildman–Crippen LogP) is 1.24. The van der Waals surface area contributed by atoms with E-state index in [9.17, 15) is 5.11 Å². The molecule has 0 amide bonds. The molecule has 2 heterocycles. The van der Waals surface area contributed by atoms with Gasteiger partial charge in [0.15, 0.2) is 11.5 Å². The summed E-state index contributed by atoms with van der Waals surface area (Å²) in [6.07, 6.45) is 0.951. The summed E-state index contributed by atoms with van der Waals surface area (Å²) in [4.78, 5) is 0. The lowest BCUT2D eigenvalue weighted by molar-refractivity contribution is 0.171. The minimum Gasteiger partial charge on any atom is -0.493 e. The molecule has 1 aromatic carbocycles. The summed E-state index contributed by atoms with van der Waals surface area (Å²) in [5.41, 5.74) is 1.23. The zero-order valence-electron chi connectivity index (χ0n) is 10.7. The molecule has 1 atom stereocenters. The fraction of sp³-hybridized carbons (Fsp3) is 0.308. The van der Waals surface area contributed by atoms with Gasteiger partial charge in [0.05, 0.1) is 12.8 Å². The summed E-state index contributed by atoms with van der Waals surface area (Å²) >= 11 is 0. The van der Waals surface area contributed by atoms with E-state index in [1.54, 1.807) is 43.2 Å². The van der Waals surface area contributed by atoms with Gasteiger partial charge in [0.2, 0.25) is 12.5 Å². The average Bonchev–Trinajstić information content (AvgIpc) is 3.04. The molecule has 1 aromatic heterocycles. The molecule has 1 aliphatic rings. The molecule has 6 heteroatoms. The van der Waals surface area contributed by atoms with Crippen molar-refractivity contribution in [3.63, 3.8) is 0 Å². The number of aliphatic hydroxyl groups excluding tert-OH is 1. The monoisotopic (exact) mass is 262 g/mol. The van der Waals surface area contributed by atoms with E-state index in [1.165, 1.54) is 0 Å². The number of hydrogen-bond acceptors (Lipinski definition) is 5. The normalized spacial score (nSPS) is 14.5. The standard InChI is InChI=1S/C13H14N2O4/c1-15-4-3-9(14-15)12(16)8-5-10(17-2)13-11(6-8)18-7-19-13/h3-6,12,16H,7H2,1-2H3. The second-order valence-electron chi connectivity index (χ2n) is 4.27. The second-order valence-corrected chi connectivity index (χ2v) is 4.27. The second kappa shape index (κ2) is 4.47. The van der Waals surface area contributed by atoms with Gasteiger partial charge in [-0.05, 0) is 23.8 Å². The molecule has 0 aliphatic carbocycles. The topological polar surface area (TPSA) is 65.7 Å². The Morgan fingerprint density at radius 2 is 2.26 bits per heavy atom. The van der Waals surface area contributed by atoms with Gasteiger partial charge < -0.3 is 19.3 Å². The maximum atomic E-state index is 10.3. The van der Waals surface area contributed by atoms with Crippen LogP contribution >= 0.6 is 0 Å². The summed E-state index contributed by atoms with van der Waals surface area (Å²) < 4.78 is 17.5. The number of hydrogen-bond donors (Lipinski definition) is 1. The lowest BCUT2D eigenvalue weighted by atomic mass is 10.1. The first-order valence-corrected chi connectivity index (χ1v) is 5.84. The quantitative estimate of drug-likeness (QED) is 0.901. The van der Waals surface area contributed by atoms with E-state index in [1.807, 2.05) is 0 Å². The minimum atomic E-state index is -0.829. The minimum absolute atomic E-state index is 0.162. The number of rotatable bonds is 3. The Morgan fingerprint density at radius 1 is 1.42 bits per heavy atom. The lowest BCUT2D eigenvalue weighted by Crippen LogP contribution is -2.02. The largest absolute Gasteiger partial charge is 0.493 e. The fourth-order valence-electron chi connectivity index (χ4n) is 2.06. The first-order valence-electron chi connectivity index (χ1n) is 5.84. The SMILES string of the molecule is COc1cc(C(O)c2ccn(C)n2)cc2c1OCO2. The Balaban J connectivity index is 2.01. The van der Waals surface area contributed by atoms with E-state index in [0.29, 0.717) is 28.5 Å². The van der Waals surface area contributed by atoms with Gasteiger partial charge in [-0.25, -0.2) is 0 Å². The predicted molar refractivity (Wildman–Crippen MR) is 66.4 cm³/mol. The summed E-state index contributed by atoms with van der Waals surface area (Å²) in [6.45, 7) is 0.162. The highest BCUT2D eigenvalue weighted by Gasteiger charge is 2.23. The molecule has 6 nitrogen and oxygen atoms in total. The van der Waals surface area contributed by atoms with Crippen molar-refractivity contribution in [3.8, 4) is 17.2 Å². The summed E-state index contributed by atoms with van der Waals surface area (Å²) in [5.74, 6) is 1.68. The molecule has 3 rings (SSSR count). The number of ether oxygens (including phenoxy) is 3. The Hall–Kier alpha value is -2.21. The van der Waals surface area contributed by atoms with E-state index < -0.39 is 6.10 Å². The number of methoxy groups -OCH3 is 1. The van der Waals surface area contributed by atoms with Crippen LogP contribution in [0.2, 0.25) is 0 Å². The van der Waals surface area contributed by atoms with Gasteiger partial charge in [-0.2, -0.15) is 5.10 Å². The molecule has 0 spiro atoms. The van der Waals surface area contributed by atoms with Crippen LogP contribution in [0.3, 0.4) is 0 Å². The van der Waals surface area contributed by atoms with Crippen LogP contribution in [0.4, 0.5) is 0 Å². The molecular weight excluding hydrogens is 248 g/mol. The zero-order valence-corrected chi connectivity index (χ0v) is 10.7.